The topological polar surface area (TPSA) is 40.5 Å². The molecular formula is C10H22O2S2. The first kappa shape index (κ1) is 14.6. The van der Waals surface area contributed by atoms with Crippen LogP contribution in [0.25, 0.3) is 0 Å². The summed E-state index contributed by atoms with van der Waals surface area (Å²) < 4.78 is 0. The van der Waals surface area contributed by atoms with Crippen LogP contribution < -0.4 is 0 Å². The van der Waals surface area contributed by atoms with E-state index in [1.54, 1.807) is 0 Å². The third-order valence-corrected chi connectivity index (χ3v) is 4.43. The Labute approximate surface area is 95.3 Å². The molecule has 0 amide bonds. The molecule has 0 aliphatic heterocycles. The molecule has 2 N–H and O–H groups in total. The molecular weight excluding hydrogens is 216 g/mol. The highest BCUT2D eigenvalue weighted by molar-refractivity contribution is 8.76. The van der Waals surface area contributed by atoms with Gasteiger partial charge in [-0.1, -0.05) is 34.4 Å². The van der Waals surface area contributed by atoms with Crippen molar-refractivity contribution in [3.8, 4) is 0 Å². The first-order chi connectivity index (χ1) is 6.91. The number of hydrogen-bond donors (Lipinski definition) is 2. The van der Waals surface area contributed by atoms with Gasteiger partial charge in [-0.25, -0.2) is 0 Å². The average molecular weight is 238 g/mol. The fourth-order valence-electron chi connectivity index (χ4n) is 1.02. The van der Waals surface area contributed by atoms with Crippen molar-refractivity contribution in [3.05, 3.63) is 0 Å². The van der Waals surface area contributed by atoms with Gasteiger partial charge in [0, 0.05) is 24.7 Å². The molecule has 0 aliphatic rings. The molecule has 0 spiro atoms. The van der Waals surface area contributed by atoms with E-state index in [-0.39, 0.29) is 0 Å². The number of unbranched alkanes of at least 4 members (excludes halogenated alkanes) is 4. The summed E-state index contributed by atoms with van der Waals surface area (Å²) in [5.74, 6) is 2.37. The monoisotopic (exact) mass is 238 g/mol. The summed E-state index contributed by atoms with van der Waals surface area (Å²) in [5.41, 5.74) is 0. The first-order valence-corrected chi connectivity index (χ1v) is 7.86. The summed E-state index contributed by atoms with van der Waals surface area (Å²) in [6.07, 6.45) is 6.67. The van der Waals surface area contributed by atoms with Gasteiger partial charge in [-0.15, -0.1) is 0 Å². The lowest BCUT2D eigenvalue weighted by molar-refractivity contribution is 0.283. The van der Waals surface area contributed by atoms with Crippen LogP contribution in [-0.4, -0.2) is 34.9 Å². The predicted octanol–water partition coefficient (Wildman–Crippen LogP) is 2.69. The Kier molecular flexibility index (Phi) is 14.2. The second-order valence-corrected chi connectivity index (χ2v) is 5.91. The molecule has 0 saturated carbocycles. The highest BCUT2D eigenvalue weighted by atomic mass is 33.1. The minimum Gasteiger partial charge on any atom is -0.396 e. The Morgan fingerprint density at radius 2 is 1.00 bits per heavy atom. The smallest absolute Gasteiger partial charge is 0.0431 e. The molecule has 0 heterocycles. The fraction of sp³-hybridized carbons (Fsp3) is 1.00. The van der Waals surface area contributed by atoms with Gasteiger partial charge in [0.05, 0.1) is 0 Å². The van der Waals surface area contributed by atoms with Crippen LogP contribution in [0.15, 0.2) is 0 Å². The maximum Gasteiger partial charge on any atom is 0.0431 e. The third-order valence-electron chi connectivity index (χ3n) is 1.85. The van der Waals surface area contributed by atoms with Gasteiger partial charge in [0.25, 0.3) is 0 Å². The van der Waals surface area contributed by atoms with E-state index in [9.17, 15) is 0 Å². The average Bonchev–Trinajstić information content (AvgIpc) is 2.21. The Morgan fingerprint density at radius 3 is 1.57 bits per heavy atom. The molecule has 4 heteroatoms. The Morgan fingerprint density at radius 1 is 0.571 bits per heavy atom. The summed E-state index contributed by atoms with van der Waals surface area (Å²) in [4.78, 5) is 0. The summed E-state index contributed by atoms with van der Waals surface area (Å²) >= 11 is 0. The number of aliphatic hydroxyl groups excluding tert-OH is 2. The molecule has 0 unspecified atom stereocenters. The van der Waals surface area contributed by atoms with Crippen molar-refractivity contribution in [1.29, 1.82) is 0 Å². The lowest BCUT2D eigenvalue weighted by Crippen LogP contribution is -1.85. The van der Waals surface area contributed by atoms with E-state index in [1.165, 1.54) is 18.6 Å². The van der Waals surface area contributed by atoms with Gasteiger partial charge >= 0.3 is 0 Å². The Balaban J connectivity index is 2.78. The van der Waals surface area contributed by atoms with Gasteiger partial charge in [-0.3, -0.25) is 0 Å². The van der Waals surface area contributed by atoms with Gasteiger partial charge < -0.3 is 10.2 Å². The van der Waals surface area contributed by atoms with Gasteiger partial charge in [-0.05, 0) is 25.7 Å². The van der Waals surface area contributed by atoms with Crippen LogP contribution in [-0.2, 0) is 0 Å². The standard InChI is InChI=1S/C10H22O2S2/c11-7-3-1-2-5-9-13-14-10-6-4-8-12/h11-12H,1-10H2. The molecule has 0 saturated heterocycles. The number of hydrogen-bond acceptors (Lipinski definition) is 4. The number of rotatable bonds is 11. The van der Waals surface area contributed by atoms with E-state index >= 15 is 0 Å². The molecule has 0 aromatic rings. The second-order valence-electron chi connectivity index (χ2n) is 3.21. The highest BCUT2D eigenvalue weighted by Gasteiger charge is 1.92. The largest absolute Gasteiger partial charge is 0.396 e. The van der Waals surface area contributed by atoms with Gasteiger partial charge in [0.1, 0.15) is 0 Å². The van der Waals surface area contributed by atoms with E-state index in [1.807, 2.05) is 21.6 Å². The van der Waals surface area contributed by atoms with Crippen molar-refractivity contribution in [2.24, 2.45) is 0 Å². The van der Waals surface area contributed by atoms with Crippen LogP contribution in [0.2, 0.25) is 0 Å². The molecule has 0 aromatic heterocycles. The van der Waals surface area contributed by atoms with Crippen molar-refractivity contribution < 1.29 is 10.2 Å². The maximum atomic E-state index is 8.56. The molecule has 14 heavy (non-hydrogen) atoms. The van der Waals surface area contributed by atoms with Crippen LogP contribution in [0, 0.1) is 0 Å². The lowest BCUT2D eigenvalue weighted by atomic mass is 10.2. The molecule has 0 radical (unpaired) electrons. The van der Waals surface area contributed by atoms with E-state index in [4.69, 9.17) is 10.2 Å². The zero-order chi connectivity index (χ0) is 10.5. The molecule has 0 fully saturated rings. The van der Waals surface area contributed by atoms with Crippen LogP contribution in [0.5, 0.6) is 0 Å². The summed E-state index contributed by atoms with van der Waals surface area (Å²) in [7, 11) is 3.85. The van der Waals surface area contributed by atoms with Gasteiger partial charge in [0.15, 0.2) is 0 Å². The molecule has 0 bridgehead atoms. The SMILES string of the molecule is OCCCCCCSSCCCCO. The molecule has 86 valence electrons. The fourth-order valence-corrected chi connectivity index (χ4v) is 3.31. The van der Waals surface area contributed by atoms with Crippen molar-refractivity contribution in [3.63, 3.8) is 0 Å². The zero-order valence-corrected chi connectivity index (χ0v) is 10.4. The molecule has 0 aliphatic carbocycles. The minimum absolute atomic E-state index is 0.326. The highest BCUT2D eigenvalue weighted by Crippen LogP contribution is 2.23. The van der Waals surface area contributed by atoms with Crippen LogP contribution in [0.1, 0.15) is 38.5 Å². The predicted molar refractivity (Wildman–Crippen MR) is 66.8 cm³/mol. The Bertz CT molecular complexity index is 90.1. The molecule has 0 aromatic carbocycles. The van der Waals surface area contributed by atoms with E-state index in [0.717, 1.165) is 31.4 Å². The van der Waals surface area contributed by atoms with Crippen molar-refractivity contribution in [2.75, 3.05) is 24.7 Å². The van der Waals surface area contributed by atoms with Crippen molar-refractivity contribution in [1.82, 2.24) is 0 Å². The van der Waals surface area contributed by atoms with Crippen LogP contribution >= 0.6 is 21.6 Å². The van der Waals surface area contributed by atoms with Crippen LogP contribution in [0.4, 0.5) is 0 Å². The molecule has 2 nitrogen and oxygen atoms in total. The normalized spacial score (nSPS) is 10.7. The maximum absolute atomic E-state index is 8.56. The molecule has 0 atom stereocenters. The van der Waals surface area contributed by atoms with Gasteiger partial charge in [0.2, 0.25) is 0 Å². The first-order valence-electron chi connectivity index (χ1n) is 5.38. The Hall–Kier alpha value is 0.620. The van der Waals surface area contributed by atoms with E-state index in [2.05, 4.69) is 0 Å². The lowest BCUT2D eigenvalue weighted by Gasteiger charge is -2.00. The van der Waals surface area contributed by atoms with E-state index < -0.39 is 0 Å². The summed E-state index contributed by atoms with van der Waals surface area (Å²) in [6.45, 7) is 0.662. The second kappa shape index (κ2) is 13.6. The number of aliphatic hydroxyl groups is 2. The quantitative estimate of drug-likeness (QED) is 0.429. The van der Waals surface area contributed by atoms with Crippen molar-refractivity contribution >= 4 is 21.6 Å². The summed E-state index contributed by atoms with van der Waals surface area (Å²) in [5, 5.41) is 17.1. The van der Waals surface area contributed by atoms with E-state index in [0.29, 0.717) is 13.2 Å². The summed E-state index contributed by atoms with van der Waals surface area (Å²) in [6, 6.07) is 0. The van der Waals surface area contributed by atoms with Crippen LogP contribution in [0.3, 0.4) is 0 Å². The minimum atomic E-state index is 0.326. The van der Waals surface area contributed by atoms with Gasteiger partial charge in [-0.2, -0.15) is 0 Å². The molecule has 0 rings (SSSR count). The van der Waals surface area contributed by atoms with Crippen molar-refractivity contribution in [2.45, 2.75) is 38.5 Å². The third kappa shape index (κ3) is 12.6. The zero-order valence-electron chi connectivity index (χ0n) is 8.78.